The van der Waals surface area contributed by atoms with Crippen LogP contribution in [0.15, 0.2) is 42.7 Å². The van der Waals surface area contributed by atoms with Gasteiger partial charge in [-0.05, 0) is 61.1 Å². The molecule has 1 fully saturated rings. The lowest BCUT2D eigenvalue weighted by Gasteiger charge is -2.38. The van der Waals surface area contributed by atoms with Gasteiger partial charge in [0.05, 0.1) is 16.7 Å². The molecule has 24 heavy (non-hydrogen) atoms. The lowest BCUT2D eigenvalue weighted by atomic mass is 9.75. The van der Waals surface area contributed by atoms with Crippen molar-refractivity contribution >= 4 is 17.5 Å². The Hall–Kier alpha value is -1.98. The van der Waals surface area contributed by atoms with Crippen LogP contribution >= 0.6 is 11.6 Å². The summed E-state index contributed by atoms with van der Waals surface area (Å²) >= 11 is 5.97. The summed E-state index contributed by atoms with van der Waals surface area (Å²) < 4.78 is 13.1. The van der Waals surface area contributed by atoms with E-state index in [-0.39, 0.29) is 34.6 Å². The molecule has 0 aliphatic heterocycles. The Balaban J connectivity index is 1.74. The van der Waals surface area contributed by atoms with Gasteiger partial charge >= 0.3 is 0 Å². The molecule has 1 heterocycles. The highest BCUT2D eigenvalue weighted by molar-refractivity contribution is 6.33. The molecule has 2 aromatic rings. The van der Waals surface area contributed by atoms with Crippen molar-refractivity contribution in [3.63, 3.8) is 0 Å². The number of hydrogen-bond acceptors (Lipinski definition) is 3. The number of halogens is 2. The minimum atomic E-state index is -0.480. The van der Waals surface area contributed by atoms with E-state index in [0.29, 0.717) is 19.3 Å². The fraction of sp³-hybridized carbons (Fsp3) is 0.333. The van der Waals surface area contributed by atoms with Crippen molar-refractivity contribution < 1.29 is 14.3 Å². The van der Waals surface area contributed by atoms with Crippen molar-refractivity contribution in [3.8, 4) is 0 Å². The van der Waals surface area contributed by atoms with Crippen molar-refractivity contribution in [1.29, 1.82) is 0 Å². The zero-order chi connectivity index (χ0) is 17.1. The summed E-state index contributed by atoms with van der Waals surface area (Å²) in [7, 11) is 0. The summed E-state index contributed by atoms with van der Waals surface area (Å²) in [6, 6.07) is 7.40. The Morgan fingerprint density at radius 1 is 1.33 bits per heavy atom. The molecule has 1 aromatic heterocycles. The van der Waals surface area contributed by atoms with Gasteiger partial charge in [0, 0.05) is 18.4 Å². The van der Waals surface area contributed by atoms with Gasteiger partial charge in [0.25, 0.3) is 5.91 Å². The molecule has 1 saturated carbocycles. The van der Waals surface area contributed by atoms with Gasteiger partial charge in [0.15, 0.2) is 0 Å². The zero-order valence-corrected chi connectivity index (χ0v) is 13.7. The number of hydrogen-bond donors (Lipinski definition) is 2. The molecule has 0 saturated heterocycles. The predicted octanol–water partition coefficient (Wildman–Crippen LogP) is 2.99. The number of aliphatic hydroxyl groups excluding tert-OH is 1. The molecule has 1 unspecified atom stereocenters. The first kappa shape index (κ1) is 16.9. The summed E-state index contributed by atoms with van der Waals surface area (Å²) in [4.78, 5) is 16.5. The van der Waals surface area contributed by atoms with Gasteiger partial charge in [-0.15, -0.1) is 0 Å². The van der Waals surface area contributed by atoms with Crippen LogP contribution in [0.5, 0.6) is 0 Å². The number of aromatic nitrogens is 1. The minimum absolute atomic E-state index is 0.0869. The number of carbonyl (C=O) groups is 1. The summed E-state index contributed by atoms with van der Waals surface area (Å²) in [6.45, 7) is 0. The molecule has 0 radical (unpaired) electrons. The molecule has 6 heteroatoms. The maximum absolute atomic E-state index is 13.1. The maximum atomic E-state index is 13.1. The first-order chi connectivity index (χ1) is 11.5. The molecule has 4 nitrogen and oxygen atoms in total. The van der Waals surface area contributed by atoms with Crippen LogP contribution in [-0.2, 0) is 6.42 Å². The van der Waals surface area contributed by atoms with E-state index in [1.807, 2.05) is 12.1 Å². The highest BCUT2D eigenvalue weighted by Gasteiger charge is 2.35. The zero-order valence-electron chi connectivity index (χ0n) is 13.0. The molecule has 0 spiro atoms. The van der Waals surface area contributed by atoms with Crippen LogP contribution in [0, 0.1) is 11.7 Å². The van der Waals surface area contributed by atoms with Gasteiger partial charge in [-0.2, -0.15) is 0 Å². The Labute approximate surface area is 144 Å². The van der Waals surface area contributed by atoms with E-state index in [9.17, 15) is 14.3 Å². The summed E-state index contributed by atoms with van der Waals surface area (Å²) in [5.74, 6) is -0.608. The quantitative estimate of drug-likeness (QED) is 0.873. The Kier molecular flexibility index (Phi) is 5.11. The van der Waals surface area contributed by atoms with Crippen molar-refractivity contribution in [2.24, 2.45) is 5.92 Å². The predicted molar refractivity (Wildman–Crippen MR) is 89.3 cm³/mol. The van der Waals surface area contributed by atoms with Crippen LogP contribution in [0.25, 0.3) is 0 Å². The van der Waals surface area contributed by atoms with Crippen LogP contribution in [0.4, 0.5) is 4.39 Å². The Bertz CT molecular complexity index is 720. The molecular weight excluding hydrogens is 331 g/mol. The van der Waals surface area contributed by atoms with Crippen LogP contribution < -0.4 is 5.32 Å². The smallest absolute Gasteiger partial charge is 0.253 e. The third-order valence-corrected chi connectivity index (χ3v) is 4.73. The fourth-order valence-electron chi connectivity index (χ4n) is 2.99. The third-order valence-electron chi connectivity index (χ3n) is 4.42. The van der Waals surface area contributed by atoms with Gasteiger partial charge in [-0.3, -0.25) is 9.78 Å². The Morgan fingerprint density at radius 3 is 2.67 bits per heavy atom. The molecular formula is C18H18ClFN2O2. The topological polar surface area (TPSA) is 62.2 Å². The van der Waals surface area contributed by atoms with Crippen molar-refractivity contribution in [1.82, 2.24) is 10.3 Å². The van der Waals surface area contributed by atoms with Gasteiger partial charge < -0.3 is 10.4 Å². The van der Waals surface area contributed by atoms with E-state index >= 15 is 0 Å². The standard InChI is InChI=1S/C18H18ClFN2O2/c19-16-10-13(20)1-2-15(16)18(24)22-17(12-8-14(23)9-12)7-11-3-5-21-6-4-11/h1-6,10,12,14,17,23H,7-9H2,(H,22,24). The maximum Gasteiger partial charge on any atom is 0.253 e. The number of aliphatic hydroxyl groups is 1. The molecule has 2 N–H and O–H groups in total. The monoisotopic (exact) mass is 348 g/mol. The molecule has 1 aromatic carbocycles. The van der Waals surface area contributed by atoms with Gasteiger partial charge in [0.2, 0.25) is 0 Å². The first-order valence-electron chi connectivity index (χ1n) is 7.86. The second-order valence-corrected chi connectivity index (χ2v) is 6.56. The van der Waals surface area contributed by atoms with Crippen LogP contribution in [0.2, 0.25) is 5.02 Å². The van der Waals surface area contributed by atoms with E-state index in [1.165, 1.54) is 12.1 Å². The summed E-state index contributed by atoms with van der Waals surface area (Å²) in [5.41, 5.74) is 1.31. The number of nitrogens with zero attached hydrogens (tertiary/aromatic N) is 1. The van der Waals surface area contributed by atoms with E-state index < -0.39 is 5.82 Å². The number of carbonyl (C=O) groups excluding carboxylic acids is 1. The number of nitrogens with one attached hydrogen (secondary N) is 1. The number of pyridine rings is 1. The van der Waals surface area contributed by atoms with Crippen LogP contribution in [0.1, 0.15) is 28.8 Å². The van der Waals surface area contributed by atoms with Crippen LogP contribution in [-0.4, -0.2) is 28.1 Å². The minimum Gasteiger partial charge on any atom is -0.393 e. The molecule has 1 atom stereocenters. The molecule has 1 amide bonds. The van der Waals surface area contributed by atoms with Crippen molar-refractivity contribution in [3.05, 3.63) is 64.7 Å². The van der Waals surface area contributed by atoms with Gasteiger partial charge in [-0.25, -0.2) is 4.39 Å². The Morgan fingerprint density at radius 2 is 2.04 bits per heavy atom. The van der Waals surface area contributed by atoms with E-state index in [2.05, 4.69) is 10.3 Å². The summed E-state index contributed by atoms with van der Waals surface area (Å²) in [6.07, 6.45) is 5.08. The van der Waals surface area contributed by atoms with E-state index in [0.717, 1.165) is 11.6 Å². The van der Waals surface area contributed by atoms with Gasteiger partial charge in [0.1, 0.15) is 5.82 Å². The molecule has 0 bridgehead atoms. The summed E-state index contributed by atoms with van der Waals surface area (Å²) in [5, 5.41) is 12.6. The average molecular weight is 349 g/mol. The molecule has 3 rings (SSSR count). The number of rotatable bonds is 5. The van der Waals surface area contributed by atoms with Crippen LogP contribution in [0.3, 0.4) is 0 Å². The second kappa shape index (κ2) is 7.28. The molecule has 126 valence electrons. The SMILES string of the molecule is O=C(NC(Cc1ccncc1)C1CC(O)C1)c1ccc(F)cc1Cl. The largest absolute Gasteiger partial charge is 0.393 e. The third kappa shape index (κ3) is 3.91. The highest BCUT2D eigenvalue weighted by atomic mass is 35.5. The van der Waals surface area contributed by atoms with E-state index in [4.69, 9.17) is 11.6 Å². The number of benzene rings is 1. The molecule has 1 aliphatic carbocycles. The number of amides is 1. The lowest BCUT2D eigenvalue weighted by molar-refractivity contribution is 0.0239. The van der Waals surface area contributed by atoms with Gasteiger partial charge in [-0.1, -0.05) is 11.6 Å². The van der Waals surface area contributed by atoms with Crippen molar-refractivity contribution in [2.75, 3.05) is 0 Å². The average Bonchev–Trinajstić information content (AvgIpc) is 2.52. The second-order valence-electron chi connectivity index (χ2n) is 6.15. The fourth-order valence-corrected chi connectivity index (χ4v) is 3.24. The lowest BCUT2D eigenvalue weighted by Crippen LogP contribution is -2.48. The van der Waals surface area contributed by atoms with Crippen molar-refractivity contribution in [2.45, 2.75) is 31.4 Å². The highest BCUT2D eigenvalue weighted by Crippen LogP contribution is 2.32. The first-order valence-corrected chi connectivity index (χ1v) is 8.23. The van der Waals surface area contributed by atoms with E-state index in [1.54, 1.807) is 12.4 Å². The normalized spacial score (nSPS) is 21.0. The molecule has 1 aliphatic rings.